The van der Waals surface area contributed by atoms with Crippen molar-refractivity contribution in [3.63, 3.8) is 0 Å². The minimum atomic E-state index is -3.35. The lowest BCUT2D eigenvalue weighted by Crippen LogP contribution is -2.25. The van der Waals surface area contributed by atoms with Gasteiger partial charge >= 0.3 is 0 Å². The van der Waals surface area contributed by atoms with E-state index in [4.69, 9.17) is 5.73 Å². The van der Waals surface area contributed by atoms with Crippen LogP contribution in [0.15, 0.2) is 29.2 Å². The molecule has 3 N–H and O–H groups in total. The monoisotopic (exact) mass is 257 g/mol. The highest BCUT2D eigenvalue weighted by molar-refractivity contribution is 7.89. The van der Waals surface area contributed by atoms with Crippen molar-refractivity contribution < 1.29 is 8.42 Å². The first-order valence-corrected chi connectivity index (χ1v) is 6.81. The van der Waals surface area contributed by atoms with E-state index >= 15 is 0 Å². The summed E-state index contributed by atoms with van der Waals surface area (Å²) in [5.41, 5.74) is 6.36. The molecule has 0 saturated carbocycles. The Morgan fingerprint density at radius 2 is 1.82 bits per heavy atom. The van der Waals surface area contributed by atoms with Crippen LogP contribution >= 0.6 is 0 Å². The van der Waals surface area contributed by atoms with Crippen molar-refractivity contribution in [3.05, 3.63) is 24.3 Å². The predicted molar refractivity (Wildman–Crippen MR) is 69.5 cm³/mol. The Balaban J connectivity index is 2.89. The van der Waals surface area contributed by atoms with Crippen molar-refractivity contribution in [3.8, 4) is 0 Å². The Bertz CT molecular complexity index is 454. The summed E-state index contributed by atoms with van der Waals surface area (Å²) in [7, 11) is -0.323. The number of sulfonamides is 1. The molecule has 1 aromatic rings. The third-order valence-corrected chi connectivity index (χ3v) is 4.23. The van der Waals surface area contributed by atoms with Gasteiger partial charge in [0.25, 0.3) is 0 Å². The zero-order valence-corrected chi connectivity index (χ0v) is 11.2. The van der Waals surface area contributed by atoms with E-state index < -0.39 is 10.0 Å². The van der Waals surface area contributed by atoms with Crippen LogP contribution in [0.5, 0.6) is 0 Å². The van der Waals surface area contributed by atoms with E-state index in [1.54, 1.807) is 24.3 Å². The average molecular weight is 257 g/mol. The van der Waals surface area contributed by atoms with Crippen molar-refractivity contribution in [2.24, 2.45) is 5.73 Å². The van der Waals surface area contributed by atoms with Gasteiger partial charge in [-0.3, -0.25) is 0 Å². The SMILES string of the molecule is CC(CN)Nc1ccc(S(=O)(=O)N(C)C)cc1. The molecule has 0 aliphatic rings. The topological polar surface area (TPSA) is 75.4 Å². The Hall–Kier alpha value is -1.11. The average Bonchev–Trinajstić information content (AvgIpc) is 2.29. The Morgan fingerprint density at radius 3 is 2.24 bits per heavy atom. The quantitative estimate of drug-likeness (QED) is 0.814. The molecule has 0 radical (unpaired) electrons. The van der Waals surface area contributed by atoms with Gasteiger partial charge in [0.05, 0.1) is 4.90 Å². The summed E-state index contributed by atoms with van der Waals surface area (Å²) in [6.45, 7) is 2.49. The van der Waals surface area contributed by atoms with Gasteiger partial charge in [-0.1, -0.05) is 0 Å². The second-order valence-electron chi connectivity index (χ2n) is 4.09. The van der Waals surface area contributed by atoms with Crippen LogP contribution in [0.3, 0.4) is 0 Å². The zero-order chi connectivity index (χ0) is 13.1. The molecule has 96 valence electrons. The number of rotatable bonds is 5. The molecule has 0 aromatic heterocycles. The van der Waals surface area contributed by atoms with E-state index in [1.807, 2.05) is 6.92 Å². The smallest absolute Gasteiger partial charge is 0.242 e. The van der Waals surface area contributed by atoms with Gasteiger partial charge in [-0.2, -0.15) is 0 Å². The molecular weight excluding hydrogens is 238 g/mol. The van der Waals surface area contributed by atoms with Crippen LogP contribution in [-0.4, -0.2) is 39.4 Å². The maximum Gasteiger partial charge on any atom is 0.242 e. The molecule has 0 aliphatic carbocycles. The lowest BCUT2D eigenvalue weighted by molar-refractivity contribution is 0.521. The number of hydrogen-bond donors (Lipinski definition) is 2. The Kier molecular flexibility index (Phi) is 4.50. The van der Waals surface area contributed by atoms with Crippen LogP contribution < -0.4 is 11.1 Å². The van der Waals surface area contributed by atoms with Gasteiger partial charge in [0.2, 0.25) is 10.0 Å². The van der Waals surface area contributed by atoms with Gasteiger partial charge in [-0.05, 0) is 31.2 Å². The molecule has 0 heterocycles. The number of benzene rings is 1. The molecule has 6 heteroatoms. The molecule has 0 bridgehead atoms. The van der Waals surface area contributed by atoms with Crippen LogP contribution in [0.2, 0.25) is 0 Å². The highest BCUT2D eigenvalue weighted by atomic mass is 32.2. The number of nitrogens with zero attached hydrogens (tertiary/aromatic N) is 1. The van der Waals surface area contributed by atoms with Crippen LogP contribution in [0.4, 0.5) is 5.69 Å². The van der Waals surface area contributed by atoms with Gasteiger partial charge in [0, 0.05) is 32.4 Å². The molecule has 0 fully saturated rings. The van der Waals surface area contributed by atoms with E-state index in [2.05, 4.69) is 5.32 Å². The summed E-state index contributed by atoms with van der Waals surface area (Å²) in [4.78, 5) is 0.286. The maximum atomic E-state index is 11.8. The summed E-state index contributed by atoms with van der Waals surface area (Å²) in [6, 6.07) is 6.80. The largest absolute Gasteiger partial charge is 0.381 e. The van der Waals surface area contributed by atoms with E-state index in [1.165, 1.54) is 18.4 Å². The zero-order valence-electron chi connectivity index (χ0n) is 10.3. The number of nitrogens with one attached hydrogen (secondary N) is 1. The van der Waals surface area contributed by atoms with Crippen molar-refractivity contribution in [2.45, 2.75) is 17.9 Å². The van der Waals surface area contributed by atoms with Crippen molar-refractivity contribution in [1.29, 1.82) is 0 Å². The second kappa shape index (κ2) is 5.48. The lowest BCUT2D eigenvalue weighted by Gasteiger charge is -2.14. The standard InChI is InChI=1S/C11H19N3O2S/c1-9(8-12)13-10-4-6-11(7-5-10)17(15,16)14(2)3/h4-7,9,13H,8,12H2,1-3H3. The molecule has 0 spiro atoms. The Labute approximate surface area is 103 Å². The van der Waals surface area contributed by atoms with E-state index in [0.29, 0.717) is 6.54 Å². The summed E-state index contributed by atoms with van der Waals surface area (Å²) >= 11 is 0. The van der Waals surface area contributed by atoms with Crippen LogP contribution in [0.1, 0.15) is 6.92 Å². The van der Waals surface area contributed by atoms with Crippen LogP contribution in [0.25, 0.3) is 0 Å². The fraction of sp³-hybridized carbons (Fsp3) is 0.455. The molecule has 0 saturated heterocycles. The van der Waals surface area contributed by atoms with Gasteiger partial charge in [0.1, 0.15) is 0 Å². The van der Waals surface area contributed by atoms with Gasteiger partial charge in [0.15, 0.2) is 0 Å². The van der Waals surface area contributed by atoms with Crippen LogP contribution in [0, 0.1) is 0 Å². The molecule has 0 aliphatic heterocycles. The van der Waals surface area contributed by atoms with Crippen molar-refractivity contribution >= 4 is 15.7 Å². The first-order chi connectivity index (χ1) is 7.87. The molecular formula is C11H19N3O2S. The molecule has 1 atom stereocenters. The molecule has 0 amide bonds. The second-order valence-corrected chi connectivity index (χ2v) is 6.24. The number of hydrogen-bond acceptors (Lipinski definition) is 4. The third-order valence-electron chi connectivity index (χ3n) is 2.40. The molecule has 1 aromatic carbocycles. The summed E-state index contributed by atoms with van der Waals surface area (Å²) in [6.07, 6.45) is 0. The fourth-order valence-electron chi connectivity index (χ4n) is 1.28. The minimum absolute atomic E-state index is 0.159. The molecule has 5 nitrogen and oxygen atoms in total. The van der Waals surface area contributed by atoms with Gasteiger partial charge < -0.3 is 11.1 Å². The summed E-state index contributed by atoms with van der Waals surface area (Å²) in [5.74, 6) is 0. The number of anilines is 1. The summed E-state index contributed by atoms with van der Waals surface area (Å²) < 4.78 is 24.8. The first kappa shape index (κ1) is 14.0. The van der Waals surface area contributed by atoms with Crippen LogP contribution in [-0.2, 0) is 10.0 Å². The van der Waals surface area contributed by atoms with E-state index in [-0.39, 0.29) is 10.9 Å². The van der Waals surface area contributed by atoms with Gasteiger partial charge in [-0.15, -0.1) is 0 Å². The minimum Gasteiger partial charge on any atom is -0.381 e. The van der Waals surface area contributed by atoms with E-state index in [9.17, 15) is 8.42 Å². The third kappa shape index (κ3) is 3.42. The van der Waals surface area contributed by atoms with Crippen molar-refractivity contribution in [1.82, 2.24) is 4.31 Å². The predicted octanol–water partition coefficient (Wildman–Crippen LogP) is 0.696. The Morgan fingerprint density at radius 1 is 1.29 bits per heavy atom. The molecule has 17 heavy (non-hydrogen) atoms. The fourth-order valence-corrected chi connectivity index (χ4v) is 2.18. The normalized spacial score (nSPS) is 13.7. The van der Waals surface area contributed by atoms with Crippen molar-refractivity contribution in [2.75, 3.05) is 26.0 Å². The lowest BCUT2D eigenvalue weighted by atomic mass is 10.2. The van der Waals surface area contributed by atoms with Gasteiger partial charge in [-0.25, -0.2) is 12.7 Å². The molecule has 1 unspecified atom stereocenters. The number of nitrogens with two attached hydrogens (primary N) is 1. The highest BCUT2D eigenvalue weighted by Gasteiger charge is 2.16. The molecule has 1 rings (SSSR count). The summed E-state index contributed by atoms with van der Waals surface area (Å²) in [5, 5.41) is 3.17. The first-order valence-electron chi connectivity index (χ1n) is 5.37. The highest BCUT2D eigenvalue weighted by Crippen LogP contribution is 2.16. The maximum absolute atomic E-state index is 11.8. The van der Waals surface area contributed by atoms with E-state index in [0.717, 1.165) is 5.69 Å².